The van der Waals surface area contributed by atoms with E-state index in [-0.39, 0.29) is 17.5 Å². The number of ether oxygens (including phenoxy) is 2. The number of nitrogens with one attached hydrogen (secondary N) is 2. The Balaban J connectivity index is 1.32. The molecule has 0 saturated carbocycles. The standard InChI is InChI=1S/C23H20N2O5S/c26-21(25-18-10-11-29-19-8-2-1-7-17(18)19)14-30-23(28)15-5-3-6-16(13-15)24-22(27)20-9-4-12-31-20/h1-9,12-13,18H,10-11,14H2,(H,24,27)(H,25,26). The highest BCUT2D eigenvalue weighted by Crippen LogP contribution is 2.31. The molecule has 1 unspecified atom stereocenters. The van der Waals surface area contributed by atoms with Crippen LogP contribution >= 0.6 is 11.3 Å². The van der Waals surface area contributed by atoms with Gasteiger partial charge in [0.05, 0.1) is 23.1 Å². The molecule has 0 bridgehead atoms. The van der Waals surface area contributed by atoms with Gasteiger partial charge in [-0.05, 0) is 35.7 Å². The number of carbonyl (C=O) groups excluding carboxylic acids is 3. The average molecular weight is 436 g/mol. The minimum absolute atomic E-state index is 0.188. The zero-order chi connectivity index (χ0) is 21.6. The van der Waals surface area contributed by atoms with Gasteiger partial charge in [0.25, 0.3) is 11.8 Å². The summed E-state index contributed by atoms with van der Waals surface area (Å²) in [5.41, 5.74) is 1.62. The molecule has 1 aromatic heterocycles. The second-order valence-corrected chi connectivity index (χ2v) is 7.83. The van der Waals surface area contributed by atoms with Crippen molar-refractivity contribution in [2.75, 3.05) is 18.5 Å². The SMILES string of the molecule is O=C(COC(=O)c1cccc(NC(=O)c2cccs2)c1)NC1CCOc2ccccc21. The van der Waals surface area contributed by atoms with E-state index in [1.807, 2.05) is 29.6 Å². The number of para-hydroxylation sites is 1. The van der Waals surface area contributed by atoms with Gasteiger partial charge >= 0.3 is 5.97 Å². The third-order valence-corrected chi connectivity index (χ3v) is 5.60. The third kappa shape index (κ3) is 5.10. The molecular weight excluding hydrogens is 416 g/mol. The van der Waals surface area contributed by atoms with Crippen molar-refractivity contribution in [3.63, 3.8) is 0 Å². The Hall–Kier alpha value is -3.65. The molecule has 0 radical (unpaired) electrons. The first kappa shape index (κ1) is 20.6. The Morgan fingerprint density at radius 1 is 1.06 bits per heavy atom. The summed E-state index contributed by atoms with van der Waals surface area (Å²) in [7, 11) is 0. The van der Waals surface area contributed by atoms with Crippen LogP contribution in [0.5, 0.6) is 5.75 Å². The van der Waals surface area contributed by atoms with E-state index in [0.717, 1.165) is 11.3 Å². The van der Waals surface area contributed by atoms with Gasteiger partial charge in [0, 0.05) is 17.7 Å². The third-order valence-electron chi connectivity index (χ3n) is 4.73. The predicted molar refractivity (Wildman–Crippen MR) is 116 cm³/mol. The van der Waals surface area contributed by atoms with Crippen LogP contribution in [0.3, 0.4) is 0 Å². The number of thiophene rings is 1. The molecule has 7 nitrogen and oxygen atoms in total. The Morgan fingerprint density at radius 2 is 1.94 bits per heavy atom. The van der Waals surface area contributed by atoms with Crippen molar-refractivity contribution in [2.24, 2.45) is 0 Å². The van der Waals surface area contributed by atoms with Crippen molar-refractivity contribution >= 4 is 34.8 Å². The van der Waals surface area contributed by atoms with E-state index in [2.05, 4.69) is 10.6 Å². The molecule has 2 amide bonds. The lowest BCUT2D eigenvalue weighted by Gasteiger charge is -2.26. The molecule has 1 atom stereocenters. The van der Waals surface area contributed by atoms with Crippen LogP contribution in [-0.2, 0) is 9.53 Å². The van der Waals surface area contributed by atoms with Crippen LogP contribution < -0.4 is 15.4 Å². The van der Waals surface area contributed by atoms with Gasteiger partial charge in [-0.15, -0.1) is 11.3 Å². The highest BCUT2D eigenvalue weighted by atomic mass is 32.1. The molecule has 1 aliphatic heterocycles. The lowest BCUT2D eigenvalue weighted by molar-refractivity contribution is -0.125. The Labute approximate surface area is 183 Å². The molecule has 0 saturated heterocycles. The number of rotatable bonds is 6. The van der Waals surface area contributed by atoms with Crippen molar-refractivity contribution in [3.8, 4) is 5.75 Å². The smallest absolute Gasteiger partial charge is 0.338 e. The second-order valence-electron chi connectivity index (χ2n) is 6.88. The summed E-state index contributed by atoms with van der Waals surface area (Å²) in [6.07, 6.45) is 0.642. The van der Waals surface area contributed by atoms with E-state index in [9.17, 15) is 14.4 Å². The first-order valence-corrected chi connectivity index (χ1v) is 10.6. The van der Waals surface area contributed by atoms with Gasteiger partial charge in [0.1, 0.15) is 5.75 Å². The predicted octanol–water partition coefficient (Wildman–Crippen LogP) is 3.80. The Morgan fingerprint density at radius 3 is 2.77 bits per heavy atom. The molecule has 1 aliphatic rings. The van der Waals surface area contributed by atoms with Gasteiger partial charge in [0.2, 0.25) is 0 Å². The van der Waals surface area contributed by atoms with Crippen molar-refractivity contribution in [1.82, 2.24) is 5.32 Å². The molecule has 2 heterocycles. The number of esters is 1. The topological polar surface area (TPSA) is 93.7 Å². The van der Waals surface area contributed by atoms with Crippen LogP contribution in [0.2, 0.25) is 0 Å². The van der Waals surface area contributed by atoms with Crippen LogP contribution in [0, 0.1) is 0 Å². The van der Waals surface area contributed by atoms with Gasteiger partial charge in [0.15, 0.2) is 6.61 Å². The fourth-order valence-electron chi connectivity index (χ4n) is 3.27. The molecule has 0 fully saturated rings. The highest BCUT2D eigenvalue weighted by molar-refractivity contribution is 7.12. The average Bonchev–Trinajstić information content (AvgIpc) is 3.33. The number of benzene rings is 2. The molecular formula is C23H20N2O5S. The number of hydrogen-bond acceptors (Lipinski definition) is 6. The summed E-state index contributed by atoms with van der Waals surface area (Å²) >= 11 is 1.33. The molecule has 4 rings (SSSR count). The van der Waals surface area contributed by atoms with Gasteiger partial charge in [-0.2, -0.15) is 0 Å². The second kappa shape index (κ2) is 9.44. The first-order valence-electron chi connectivity index (χ1n) is 9.73. The fraction of sp³-hybridized carbons (Fsp3) is 0.174. The maximum Gasteiger partial charge on any atom is 0.338 e. The van der Waals surface area contributed by atoms with E-state index in [1.165, 1.54) is 17.4 Å². The van der Waals surface area contributed by atoms with E-state index in [1.54, 1.807) is 30.3 Å². The molecule has 158 valence electrons. The van der Waals surface area contributed by atoms with Crippen LogP contribution in [-0.4, -0.2) is 31.0 Å². The van der Waals surface area contributed by atoms with Gasteiger partial charge in [-0.1, -0.05) is 30.3 Å². The maximum atomic E-state index is 12.4. The van der Waals surface area contributed by atoms with Crippen LogP contribution in [0.15, 0.2) is 66.0 Å². The van der Waals surface area contributed by atoms with Crippen LogP contribution in [0.1, 0.15) is 38.1 Å². The van der Waals surface area contributed by atoms with E-state index in [0.29, 0.717) is 23.6 Å². The molecule has 31 heavy (non-hydrogen) atoms. The monoisotopic (exact) mass is 436 g/mol. The van der Waals surface area contributed by atoms with Crippen molar-refractivity contribution in [3.05, 3.63) is 82.0 Å². The van der Waals surface area contributed by atoms with E-state index < -0.39 is 18.5 Å². The summed E-state index contributed by atoms with van der Waals surface area (Å²) in [6.45, 7) is 0.107. The number of fused-ring (bicyclic) bond motifs is 1. The lowest BCUT2D eigenvalue weighted by Crippen LogP contribution is -2.35. The van der Waals surface area contributed by atoms with Crippen molar-refractivity contribution in [1.29, 1.82) is 0 Å². The summed E-state index contributed by atoms with van der Waals surface area (Å²) in [5.74, 6) is -0.541. The minimum atomic E-state index is -0.644. The summed E-state index contributed by atoms with van der Waals surface area (Å²) in [4.78, 5) is 37.4. The molecule has 0 spiro atoms. The van der Waals surface area contributed by atoms with Gasteiger partial charge in [-0.3, -0.25) is 9.59 Å². The molecule has 3 aromatic rings. The largest absolute Gasteiger partial charge is 0.493 e. The van der Waals surface area contributed by atoms with Gasteiger partial charge in [-0.25, -0.2) is 4.79 Å². The van der Waals surface area contributed by atoms with Gasteiger partial charge < -0.3 is 20.1 Å². The first-order chi connectivity index (χ1) is 15.1. The highest BCUT2D eigenvalue weighted by Gasteiger charge is 2.23. The van der Waals surface area contributed by atoms with E-state index in [4.69, 9.17) is 9.47 Å². The van der Waals surface area contributed by atoms with Crippen LogP contribution in [0.4, 0.5) is 5.69 Å². The summed E-state index contributed by atoms with van der Waals surface area (Å²) in [6, 6.07) is 17.2. The summed E-state index contributed by atoms with van der Waals surface area (Å²) < 4.78 is 10.7. The molecule has 2 aromatic carbocycles. The fourth-order valence-corrected chi connectivity index (χ4v) is 3.89. The zero-order valence-corrected chi connectivity index (χ0v) is 17.3. The number of anilines is 1. The van der Waals surface area contributed by atoms with Crippen molar-refractivity contribution in [2.45, 2.75) is 12.5 Å². The van der Waals surface area contributed by atoms with Crippen LogP contribution in [0.25, 0.3) is 0 Å². The van der Waals surface area contributed by atoms with E-state index >= 15 is 0 Å². The number of carbonyl (C=O) groups is 3. The minimum Gasteiger partial charge on any atom is -0.493 e. The Bertz CT molecular complexity index is 1100. The number of amides is 2. The molecule has 0 aliphatic carbocycles. The zero-order valence-electron chi connectivity index (χ0n) is 16.5. The molecule has 2 N–H and O–H groups in total. The lowest BCUT2D eigenvalue weighted by atomic mass is 10.0. The quantitative estimate of drug-likeness (QED) is 0.574. The normalized spacial score (nSPS) is 14.6. The molecule has 8 heteroatoms. The maximum absolute atomic E-state index is 12.4. The summed E-state index contributed by atoms with van der Waals surface area (Å²) in [5, 5.41) is 7.44. The Kier molecular flexibility index (Phi) is 6.28. The number of hydrogen-bond donors (Lipinski definition) is 2. The van der Waals surface area contributed by atoms with Crippen molar-refractivity contribution < 1.29 is 23.9 Å².